The van der Waals surface area contributed by atoms with Crippen molar-refractivity contribution in [3.8, 4) is 5.75 Å². The van der Waals surface area contributed by atoms with Crippen molar-refractivity contribution in [2.45, 2.75) is 9.79 Å². The molecule has 4 rings (SSSR count). The topological polar surface area (TPSA) is 97.3 Å². The van der Waals surface area contributed by atoms with Gasteiger partial charge in [-0.1, -0.05) is 42.1 Å². The summed E-state index contributed by atoms with van der Waals surface area (Å²) in [7, 11) is 1.59. The van der Waals surface area contributed by atoms with E-state index in [1.807, 2.05) is 24.3 Å². The zero-order valence-electron chi connectivity index (χ0n) is 15.9. The van der Waals surface area contributed by atoms with Crippen LogP contribution < -0.4 is 15.6 Å². The van der Waals surface area contributed by atoms with E-state index < -0.39 is 4.92 Å². The Morgan fingerprint density at radius 3 is 2.33 bits per heavy atom. The zero-order chi connectivity index (χ0) is 21.1. The maximum absolute atomic E-state index is 12.6. The van der Waals surface area contributed by atoms with Crippen LogP contribution in [-0.4, -0.2) is 17.0 Å². The van der Waals surface area contributed by atoms with Gasteiger partial charge in [0.15, 0.2) is 0 Å². The monoisotopic (exact) mass is 419 g/mol. The van der Waals surface area contributed by atoms with Gasteiger partial charge < -0.3 is 15.0 Å². The summed E-state index contributed by atoms with van der Waals surface area (Å²) in [6.07, 6.45) is 0. The van der Waals surface area contributed by atoms with Gasteiger partial charge in [0.2, 0.25) is 0 Å². The molecule has 0 aliphatic carbocycles. The summed E-state index contributed by atoms with van der Waals surface area (Å²) < 4.78 is 5.18. The van der Waals surface area contributed by atoms with Crippen molar-refractivity contribution < 1.29 is 9.66 Å². The minimum Gasteiger partial charge on any atom is -0.497 e. The molecule has 0 aliphatic heterocycles. The number of benzene rings is 3. The van der Waals surface area contributed by atoms with Crippen molar-refractivity contribution in [1.82, 2.24) is 4.98 Å². The molecule has 4 aromatic rings. The van der Waals surface area contributed by atoms with Gasteiger partial charge >= 0.3 is 0 Å². The van der Waals surface area contributed by atoms with Crippen LogP contribution in [0, 0.1) is 10.1 Å². The van der Waals surface area contributed by atoms with E-state index in [-0.39, 0.29) is 11.2 Å². The highest BCUT2D eigenvalue weighted by atomic mass is 32.2. The lowest BCUT2D eigenvalue weighted by atomic mass is 10.1. The Morgan fingerprint density at radius 2 is 1.63 bits per heavy atom. The van der Waals surface area contributed by atoms with Crippen LogP contribution in [0.1, 0.15) is 0 Å². The first kappa shape index (κ1) is 19.5. The van der Waals surface area contributed by atoms with Crippen molar-refractivity contribution in [2.75, 3.05) is 12.4 Å². The Hall–Kier alpha value is -3.78. The number of para-hydroxylation sites is 1. The van der Waals surface area contributed by atoms with Gasteiger partial charge in [-0.2, -0.15) is 0 Å². The summed E-state index contributed by atoms with van der Waals surface area (Å²) in [5.41, 5.74) is 0.507. The number of nitro groups is 1. The average Bonchev–Trinajstić information content (AvgIpc) is 2.77. The molecule has 0 amide bonds. The van der Waals surface area contributed by atoms with Gasteiger partial charge in [0.1, 0.15) is 11.6 Å². The molecule has 0 atom stereocenters. The number of anilines is 2. The molecule has 0 fully saturated rings. The van der Waals surface area contributed by atoms with E-state index >= 15 is 0 Å². The Labute approximate surface area is 175 Å². The number of nitrogens with zero attached hydrogens (tertiary/aromatic N) is 1. The lowest BCUT2D eigenvalue weighted by Crippen LogP contribution is -2.10. The smallest absolute Gasteiger partial charge is 0.283 e. The summed E-state index contributed by atoms with van der Waals surface area (Å²) in [4.78, 5) is 27.8. The Morgan fingerprint density at radius 1 is 0.967 bits per heavy atom. The van der Waals surface area contributed by atoms with E-state index in [2.05, 4.69) is 10.3 Å². The van der Waals surface area contributed by atoms with Crippen LogP contribution in [0.25, 0.3) is 10.8 Å². The number of hydrogen-bond acceptors (Lipinski definition) is 6. The number of nitro benzene ring substituents is 1. The molecule has 150 valence electrons. The highest BCUT2D eigenvalue weighted by Gasteiger charge is 2.19. The van der Waals surface area contributed by atoms with Crippen molar-refractivity contribution >= 4 is 39.7 Å². The van der Waals surface area contributed by atoms with Gasteiger partial charge in [0.25, 0.3) is 11.2 Å². The highest BCUT2D eigenvalue weighted by Crippen LogP contribution is 2.41. The molecule has 2 N–H and O–H groups in total. The first-order valence-corrected chi connectivity index (χ1v) is 9.86. The van der Waals surface area contributed by atoms with E-state index in [4.69, 9.17) is 4.74 Å². The molecule has 7 nitrogen and oxygen atoms in total. The number of pyridine rings is 1. The number of rotatable bonds is 6. The summed E-state index contributed by atoms with van der Waals surface area (Å²) in [6, 6.07) is 21.0. The Bertz CT molecular complexity index is 1290. The predicted octanol–water partition coefficient (Wildman–Crippen LogP) is 5.34. The molecule has 30 heavy (non-hydrogen) atoms. The number of methoxy groups -OCH3 is 1. The first-order valence-electron chi connectivity index (χ1n) is 9.04. The number of ether oxygens (including phenoxy) is 1. The lowest BCUT2D eigenvalue weighted by molar-refractivity contribution is -0.387. The molecule has 0 saturated heterocycles. The normalized spacial score (nSPS) is 10.7. The third kappa shape index (κ3) is 3.85. The SMILES string of the molecule is COc1ccc(Nc2[nH]c(=O)c3ccccc3c2Sc2ccccc2[N+](=O)[O-])cc1. The molecule has 0 spiro atoms. The second-order valence-electron chi connectivity index (χ2n) is 6.38. The standard InChI is InChI=1S/C22H17N3O4S/c1-29-15-12-10-14(11-13-15)23-21-20(16-6-2-3-7-17(16)22(26)24-21)30-19-9-5-4-8-18(19)25(27)28/h2-13H,1H3,(H2,23,24,26). The van der Waals surface area contributed by atoms with Crippen LogP contribution >= 0.6 is 11.8 Å². The van der Waals surface area contributed by atoms with Gasteiger partial charge in [-0.05, 0) is 36.4 Å². The fourth-order valence-electron chi connectivity index (χ4n) is 3.07. The highest BCUT2D eigenvalue weighted by molar-refractivity contribution is 7.99. The van der Waals surface area contributed by atoms with Gasteiger partial charge in [0, 0.05) is 22.5 Å². The third-order valence-electron chi connectivity index (χ3n) is 4.52. The average molecular weight is 419 g/mol. The first-order chi connectivity index (χ1) is 14.6. The minimum absolute atomic E-state index is 0.00757. The van der Waals surface area contributed by atoms with Crippen LogP contribution in [0.5, 0.6) is 5.75 Å². The second kappa shape index (κ2) is 8.30. The Balaban J connectivity index is 1.85. The Kier molecular flexibility index (Phi) is 5.40. The van der Waals surface area contributed by atoms with Crippen LogP contribution in [0.15, 0.2) is 87.4 Å². The van der Waals surface area contributed by atoms with Crippen molar-refractivity contribution in [1.29, 1.82) is 0 Å². The van der Waals surface area contributed by atoms with E-state index in [9.17, 15) is 14.9 Å². The number of H-pyrrole nitrogens is 1. The molecule has 0 radical (unpaired) electrons. The van der Waals surface area contributed by atoms with Crippen molar-refractivity contribution in [2.24, 2.45) is 0 Å². The molecule has 8 heteroatoms. The molecule has 0 bridgehead atoms. The molecular formula is C22H17N3O4S. The van der Waals surface area contributed by atoms with Gasteiger partial charge in [-0.15, -0.1) is 0 Å². The molecular weight excluding hydrogens is 402 g/mol. The fourth-order valence-corrected chi connectivity index (χ4v) is 4.17. The van der Waals surface area contributed by atoms with E-state index in [0.29, 0.717) is 32.1 Å². The fraction of sp³-hybridized carbons (Fsp3) is 0.0455. The van der Waals surface area contributed by atoms with Crippen molar-refractivity contribution in [3.63, 3.8) is 0 Å². The predicted molar refractivity (Wildman–Crippen MR) is 118 cm³/mol. The van der Waals surface area contributed by atoms with Crippen LogP contribution in [-0.2, 0) is 0 Å². The second-order valence-corrected chi connectivity index (χ2v) is 7.44. The quantitative estimate of drug-likeness (QED) is 0.323. The minimum atomic E-state index is -0.410. The summed E-state index contributed by atoms with van der Waals surface area (Å²) in [6.45, 7) is 0. The summed E-state index contributed by atoms with van der Waals surface area (Å²) in [5.74, 6) is 1.18. The number of aromatic amines is 1. The van der Waals surface area contributed by atoms with Crippen LogP contribution in [0.4, 0.5) is 17.2 Å². The van der Waals surface area contributed by atoms with E-state index in [0.717, 1.165) is 5.69 Å². The molecule has 1 heterocycles. The van der Waals surface area contributed by atoms with E-state index in [1.54, 1.807) is 49.6 Å². The largest absolute Gasteiger partial charge is 0.497 e. The molecule has 0 aliphatic rings. The van der Waals surface area contributed by atoms with E-state index in [1.165, 1.54) is 17.8 Å². The molecule has 3 aromatic carbocycles. The molecule has 0 unspecified atom stereocenters. The summed E-state index contributed by atoms with van der Waals surface area (Å²) in [5, 5.41) is 15.9. The van der Waals surface area contributed by atoms with Crippen LogP contribution in [0.3, 0.4) is 0 Å². The number of aromatic nitrogens is 1. The maximum Gasteiger partial charge on any atom is 0.283 e. The molecule has 0 saturated carbocycles. The third-order valence-corrected chi connectivity index (χ3v) is 5.71. The maximum atomic E-state index is 12.6. The number of nitrogens with one attached hydrogen (secondary N) is 2. The van der Waals surface area contributed by atoms with Gasteiger partial charge in [-0.25, -0.2) is 0 Å². The van der Waals surface area contributed by atoms with Gasteiger partial charge in [-0.3, -0.25) is 14.9 Å². The number of fused-ring (bicyclic) bond motifs is 1. The molecule has 1 aromatic heterocycles. The van der Waals surface area contributed by atoms with Crippen LogP contribution in [0.2, 0.25) is 0 Å². The summed E-state index contributed by atoms with van der Waals surface area (Å²) >= 11 is 1.24. The van der Waals surface area contributed by atoms with Crippen molar-refractivity contribution in [3.05, 3.63) is 93.3 Å². The lowest BCUT2D eigenvalue weighted by Gasteiger charge is -2.14. The van der Waals surface area contributed by atoms with Gasteiger partial charge in [0.05, 0.1) is 21.8 Å². The number of hydrogen-bond donors (Lipinski definition) is 2. The zero-order valence-corrected chi connectivity index (χ0v) is 16.7.